The molecular formula is C17H18F3N3O4S. The Morgan fingerprint density at radius 1 is 1.21 bits per heavy atom. The molecule has 0 aliphatic carbocycles. The number of aliphatic carboxylic acids is 1. The lowest BCUT2D eigenvalue weighted by atomic mass is 9.88. The molecule has 152 valence electrons. The van der Waals surface area contributed by atoms with E-state index in [1.54, 1.807) is 4.90 Å². The monoisotopic (exact) mass is 417 g/mol. The van der Waals surface area contributed by atoms with Gasteiger partial charge in [0.1, 0.15) is 5.75 Å². The van der Waals surface area contributed by atoms with E-state index in [0.717, 1.165) is 50.0 Å². The standard InChI is InChI=1S/C17H18F3N3O4S/c18-17(19,20)27-11-1-2-12-13(9-11)28-21-16(12,15(25)26)14(24)23-8-7-22-5-3-10(23)4-6-22/h1-2,9-10,21H,3-8H2,(H,25,26). The van der Waals surface area contributed by atoms with Gasteiger partial charge in [0.15, 0.2) is 0 Å². The van der Waals surface area contributed by atoms with Crippen molar-refractivity contribution in [3.05, 3.63) is 23.8 Å². The summed E-state index contributed by atoms with van der Waals surface area (Å²) >= 11 is 0.824. The summed E-state index contributed by atoms with van der Waals surface area (Å²) in [6, 6.07) is 3.31. The van der Waals surface area contributed by atoms with Crippen LogP contribution in [0.25, 0.3) is 0 Å². The Labute approximate surface area is 162 Å². The average molecular weight is 417 g/mol. The molecule has 1 amide bonds. The predicted molar refractivity (Wildman–Crippen MR) is 92.6 cm³/mol. The SMILES string of the molecule is O=C(O)C1(C(=O)N2CCN3CCC2CC3)NSc2cc(OC(F)(F)F)ccc21. The van der Waals surface area contributed by atoms with Crippen molar-refractivity contribution in [3.8, 4) is 5.75 Å². The largest absolute Gasteiger partial charge is 0.573 e. The van der Waals surface area contributed by atoms with E-state index in [9.17, 15) is 27.9 Å². The first-order chi connectivity index (χ1) is 13.2. The number of amides is 1. The van der Waals surface area contributed by atoms with Gasteiger partial charge in [0.05, 0.1) is 0 Å². The first kappa shape index (κ1) is 19.3. The molecule has 1 atom stereocenters. The number of ether oxygens (including phenoxy) is 1. The van der Waals surface area contributed by atoms with Gasteiger partial charge in [-0.1, -0.05) is 6.07 Å². The van der Waals surface area contributed by atoms with Gasteiger partial charge in [-0.05, 0) is 36.9 Å². The Morgan fingerprint density at radius 2 is 1.93 bits per heavy atom. The van der Waals surface area contributed by atoms with Crippen LogP contribution in [0.1, 0.15) is 18.4 Å². The normalized spacial score (nSPS) is 29.3. The molecule has 1 aromatic rings. The molecule has 2 bridgehead atoms. The summed E-state index contributed by atoms with van der Waals surface area (Å²) in [6.07, 6.45) is -3.30. The number of hydrogen-bond acceptors (Lipinski definition) is 6. The van der Waals surface area contributed by atoms with E-state index in [4.69, 9.17) is 0 Å². The second-order valence-corrected chi connectivity index (χ2v) is 7.88. The van der Waals surface area contributed by atoms with E-state index in [1.165, 1.54) is 6.07 Å². The number of carboxylic acid groups (broad SMARTS) is 1. The van der Waals surface area contributed by atoms with Crippen LogP contribution < -0.4 is 9.46 Å². The third kappa shape index (κ3) is 3.20. The van der Waals surface area contributed by atoms with Crippen molar-refractivity contribution in [3.63, 3.8) is 0 Å². The third-order valence-electron chi connectivity index (χ3n) is 5.46. The zero-order valence-corrected chi connectivity index (χ0v) is 15.5. The predicted octanol–water partition coefficient (Wildman–Crippen LogP) is 1.78. The van der Waals surface area contributed by atoms with Crippen molar-refractivity contribution in [1.29, 1.82) is 0 Å². The summed E-state index contributed by atoms with van der Waals surface area (Å²) in [5.74, 6) is -2.42. The van der Waals surface area contributed by atoms with Crippen LogP contribution in [0.5, 0.6) is 5.75 Å². The van der Waals surface area contributed by atoms with Gasteiger partial charge in [0.2, 0.25) is 5.54 Å². The minimum Gasteiger partial charge on any atom is -0.479 e. The summed E-state index contributed by atoms with van der Waals surface area (Å²) in [7, 11) is 0. The van der Waals surface area contributed by atoms with E-state index in [0.29, 0.717) is 13.1 Å². The van der Waals surface area contributed by atoms with Gasteiger partial charge in [-0.3, -0.25) is 4.79 Å². The Morgan fingerprint density at radius 3 is 2.57 bits per heavy atom. The molecule has 1 aromatic carbocycles. The van der Waals surface area contributed by atoms with Gasteiger partial charge in [0.25, 0.3) is 5.91 Å². The number of alkyl halides is 3. The van der Waals surface area contributed by atoms with Crippen molar-refractivity contribution in [2.45, 2.75) is 35.7 Å². The van der Waals surface area contributed by atoms with Gasteiger partial charge in [-0.15, -0.1) is 13.2 Å². The van der Waals surface area contributed by atoms with Crippen LogP contribution in [0.2, 0.25) is 0 Å². The van der Waals surface area contributed by atoms with Crippen LogP contribution in [0.3, 0.4) is 0 Å². The first-order valence-electron chi connectivity index (χ1n) is 8.82. The summed E-state index contributed by atoms with van der Waals surface area (Å²) in [5, 5.41) is 9.96. The van der Waals surface area contributed by atoms with E-state index < -0.39 is 29.5 Å². The van der Waals surface area contributed by atoms with E-state index in [-0.39, 0.29) is 16.5 Å². The summed E-state index contributed by atoms with van der Waals surface area (Å²) in [5.41, 5.74) is -1.90. The molecule has 2 N–H and O–H groups in total. The van der Waals surface area contributed by atoms with E-state index in [1.807, 2.05) is 0 Å². The fraction of sp³-hybridized carbons (Fsp3) is 0.529. The maximum Gasteiger partial charge on any atom is 0.573 e. The van der Waals surface area contributed by atoms with Gasteiger partial charge < -0.3 is 19.6 Å². The topological polar surface area (TPSA) is 82.1 Å². The molecule has 4 heterocycles. The fourth-order valence-corrected chi connectivity index (χ4v) is 5.11. The van der Waals surface area contributed by atoms with Crippen molar-refractivity contribution in [1.82, 2.24) is 14.5 Å². The van der Waals surface area contributed by atoms with Crippen LogP contribution in [-0.2, 0) is 15.1 Å². The number of piperidine rings is 1. The Hall–Kier alpha value is -1.98. The minimum atomic E-state index is -4.86. The van der Waals surface area contributed by atoms with Crippen LogP contribution in [-0.4, -0.2) is 65.4 Å². The molecule has 4 aliphatic heterocycles. The molecule has 5 rings (SSSR count). The van der Waals surface area contributed by atoms with Gasteiger partial charge in [0, 0.05) is 42.7 Å². The molecule has 0 radical (unpaired) electrons. The number of halogens is 3. The quantitative estimate of drug-likeness (QED) is 0.573. The number of benzene rings is 1. The molecule has 0 aromatic heterocycles. The lowest BCUT2D eigenvalue weighted by Crippen LogP contribution is -2.59. The second-order valence-electron chi connectivity index (χ2n) is 7.04. The first-order valence-corrected chi connectivity index (χ1v) is 9.63. The van der Waals surface area contributed by atoms with E-state index >= 15 is 0 Å². The van der Waals surface area contributed by atoms with Crippen LogP contribution in [0.15, 0.2) is 23.1 Å². The number of nitrogens with one attached hydrogen (secondary N) is 1. The number of fused-ring (bicyclic) bond motifs is 5. The fourth-order valence-electron chi connectivity index (χ4n) is 4.06. The van der Waals surface area contributed by atoms with Gasteiger partial charge in [-0.25, -0.2) is 9.52 Å². The summed E-state index contributed by atoms with van der Waals surface area (Å²) in [6.45, 7) is 2.84. The second kappa shape index (κ2) is 6.82. The molecule has 11 heteroatoms. The Bertz CT molecular complexity index is 813. The number of carbonyl (C=O) groups is 2. The molecular weight excluding hydrogens is 399 g/mol. The number of nitrogens with zero attached hydrogens (tertiary/aromatic N) is 2. The number of carbonyl (C=O) groups excluding carboxylic acids is 1. The van der Waals surface area contributed by atoms with Crippen LogP contribution in [0, 0.1) is 0 Å². The molecule has 28 heavy (non-hydrogen) atoms. The van der Waals surface area contributed by atoms with Crippen molar-refractivity contribution >= 4 is 23.8 Å². The molecule has 0 saturated carbocycles. The highest BCUT2D eigenvalue weighted by Crippen LogP contribution is 2.44. The number of hydrogen-bond donors (Lipinski definition) is 2. The smallest absolute Gasteiger partial charge is 0.479 e. The summed E-state index contributed by atoms with van der Waals surface area (Å²) < 4.78 is 44.0. The van der Waals surface area contributed by atoms with Crippen LogP contribution in [0.4, 0.5) is 13.2 Å². The van der Waals surface area contributed by atoms with Crippen molar-refractivity contribution in [2.75, 3.05) is 26.2 Å². The maximum atomic E-state index is 13.4. The molecule has 7 nitrogen and oxygen atoms in total. The lowest BCUT2D eigenvalue weighted by Gasteiger charge is -2.36. The van der Waals surface area contributed by atoms with Gasteiger partial charge in [-0.2, -0.15) is 0 Å². The lowest BCUT2D eigenvalue weighted by molar-refractivity contribution is -0.274. The summed E-state index contributed by atoms with van der Waals surface area (Å²) in [4.78, 5) is 29.7. The number of rotatable bonds is 3. The zero-order chi connectivity index (χ0) is 20.1. The van der Waals surface area contributed by atoms with Crippen molar-refractivity contribution < 1.29 is 32.6 Å². The number of carboxylic acids is 1. The maximum absolute atomic E-state index is 13.4. The van der Waals surface area contributed by atoms with Crippen molar-refractivity contribution in [2.24, 2.45) is 0 Å². The highest BCUT2D eigenvalue weighted by atomic mass is 32.2. The molecule has 4 aliphatic rings. The average Bonchev–Trinajstić information content (AvgIpc) is 2.76. The molecule has 0 spiro atoms. The zero-order valence-electron chi connectivity index (χ0n) is 14.7. The van der Waals surface area contributed by atoms with Gasteiger partial charge >= 0.3 is 12.3 Å². The molecule has 3 saturated heterocycles. The molecule has 1 unspecified atom stereocenters. The minimum absolute atomic E-state index is 0.0360. The van der Waals surface area contributed by atoms with Crippen LogP contribution >= 0.6 is 11.9 Å². The molecule has 3 fully saturated rings. The van der Waals surface area contributed by atoms with E-state index in [2.05, 4.69) is 14.4 Å². The highest BCUT2D eigenvalue weighted by Gasteiger charge is 2.56. The Kier molecular flexibility index (Phi) is 4.71. The Balaban J connectivity index is 1.69. The third-order valence-corrected chi connectivity index (χ3v) is 6.43. The highest BCUT2D eigenvalue weighted by molar-refractivity contribution is 7.97.